The lowest BCUT2D eigenvalue weighted by Crippen LogP contribution is -2.60. The number of hydrogen-bond acceptors (Lipinski definition) is 6. The zero-order valence-electron chi connectivity index (χ0n) is 20.7. The number of pyridine rings is 1. The SMILES string of the molecule is C[C@@H]1CN(C(=O)C(=O)Nc2cnc(N)c3c2cnn3C)[C@@H](c2ccccc2)CN1C(=O)C1(C(F)(F)F)CC1. The van der Waals surface area contributed by atoms with Crippen LogP contribution in [0.1, 0.15) is 31.4 Å². The molecule has 0 spiro atoms. The van der Waals surface area contributed by atoms with Crippen LogP contribution in [0.3, 0.4) is 0 Å². The number of carbonyl (C=O) groups excluding carboxylic acids is 3. The van der Waals surface area contributed by atoms with Gasteiger partial charge in [0.05, 0.1) is 24.1 Å². The van der Waals surface area contributed by atoms with E-state index in [4.69, 9.17) is 5.73 Å². The minimum absolute atomic E-state index is 0.117. The Morgan fingerprint density at radius 1 is 1.08 bits per heavy atom. The smallest absolute Gasteiger partial charge is 0.382 e. The van der Waals surface area contributed by atoms with Gasteiger partial charge in [0.1, 0.15) is 16.7 Å². The largest absolute Gasteiger partial charge is 0.403 e. The van der Waals surface area contributed by atoms with E-state index in [0.29, 0.717) is 16.5 Å². The number of aromatic nitrogens is 3. The highest BCUT2D eigenvalue weighted by Gasteiger charge is 2.70. The van der Waals surface area contributed by atoms with E-state index in [1.165, 1.54) is 26.9 Å². The maximum atomic E-state index is 13.7. The maximum Gasteiger partial charge on any atom is 0.403 e. The van der Waals surface area contributed by atoms with Crippen molar-refractivity contribution in [1.82, 2.24) is 24.6 Å². The normalized spacial score (nSPS) is 20.9. The molecule has 2 fully saturated rings. The molecule has 3 amide bonds. The molecule has 0 radical (unpaired) electrons. The number of nitrogen functional groups attached to an aromatic ring is 1. The Labute approximate surface area is 215 Å². The average Bonchev–Trinajstić information content (AvgIpc) is 3.62. The highest BCUT2D eigenvalue weighted by atomic mass is 19.4. The summed E-state index contributed by atoms with van der Waals surface area (Å²) in [6.07, 6.45) is -2.34. The molecule has 1 aromatic carbocycles. The zero-order valence-corrected chi connectivity index (χ0v) is 20.7. The van der Waals surface area contributed by atoms with E-state index in [2.05, 4.69) is 15.4 Å². The average molecular weight is 530 g/mol. The van der Waals surface area contributed by atoms with Crippen molar-refractivity contribution >= 4 is 40.1 Å². The van der Waals surface area contributed by atoms with Gasteiger partial charge in [0, 0.05) is 31.6 Å². The summed E-state index contributed by atoms with van der Waals surface area (Å²) >= 11 is 0. The third-order valence-electron chi connectivity index (χ3n) is 7.39. The summed E-state index contributed by atoms with van der Waals surface area (Å²) in [5.74, 6) is -2.62. The fraction of sp³-hybridized carbons (Fsp3) is 0.400. The molecule has 2 aromatic heterocycles. The number of hydrogen-bond donors (Lipinski definition) is 2. The van der Waals surface area contributed by atoms with E-state index in [-0.39, 0.29) is 37.4 Å². The fourth-order valence-electron chi connectivity index (χ4n) is 5.07. The van der Waals surface area contributed by atoms with E-state index in [1.807, 2.05) is 0 Å². The van der Waals surface area contributed by atoms with E-state index >= 15 is 0 Å². The summed E-state index contributed by atoms with van der Waals surface area (Å²) in [4.78, 5) is 46.3. The Kier molecular flexibility index (Phi) is 6.03. The van der Waals surface area contributed by atoms with Crippen LogP contribution in [0.15, 0.2) is 42.7 Å². The highest BCUT2D eigenvalue weighted by molar-refractivity contribution is 6.40. The fourth-order valence-corrected chi connectivity index (χ4v) is 5.07. The van der Waals surface area contributed by atoms with Gasteiger partial charge >= 0.3 is 18.0 Å². The van der Waals surface area contributed by atoms with Crippen LogP contribution in [0.2, 0.25) is 0 Å². The molecule has 200 valence electrons. The number of piperazine rings is 1. The Morgan fingerprint density at radius 2 is 1.76 bits per heavy atom. The number of halogens is 3. The molecule has 0 unspecified atom stereocenters. The highest BCUT2D eigenvalue weighted by Crippen LogP contribution is 2.59. The van der Waals surface area contributed by atoms with Gasteiger partial charge in [-0.2, -0.15) is 18.3 Å². The van der Waals surface area contributed by atoms with Gasteiger partial charge in [-0.15, -0.1) is 0 Å². The maximum absolute atomic E-state index is 13.7. The number of amides is 3. The molecule has 5 rings (SSSR count). The lowest BCUT2D eigenvalue weighted by atomic mass is 9.96. The van der Waals surface area contributed by atoms with E-state index in [9.17, 15) is 27.6 Å². The second kappa shape index (κ2) is 8.99. The minimum atomic E-state index is -4.65. The molecule has 10 nitrogen and oxygen atoms in total. The van der Waals surface area contributed by atoms with Crippen molar-refractivity contribution < 1.29 is 27.6 Å². The molecule has 1 aliphatic heterocycles. The first-order valence-electron chi connectivity index (χ1n) is 12.1. The van der Waals surface area contributed by atoms with Crippen LogP contribution < -0.4 is 11.1 Å². The first kappa shape index (κ1) is 25.5. The first-order chi connectivity index (χ1) is 17.9. The summed E-state index contributed by atoms with van der Waals surface area (Å²) in [6, 6.07) is 7.07. The molecule has 38 heavy (non-hydrogen) atoms. The lowest BCUT2D eigenvalue weighted by molar-refractivity contribution is -0.201. The van der Waals surface area contributed by atoms with E-state index in [0.717, 1.165) is 0 Å². The van der Waals surface area contributed by atoms with Gasteiger partial charge in [-0.1, -0.05) is 30.3 Å². The number of carbonyl (C=O) groups is 3. The monoisotopic (exact) mass is 529 g/mol. The molecular weight excluding hydrogens is 503 g/mol. The van der Waals surface area contributed by atoms with Crippen molar-refractivity contribution in [2.45, 2.75) is 38.0 Å². The van der Waals surface area contributed by atoms with Crippen LogP contribution >= 0.6 is 0 Å². The van der Waals surface area contributed by atoms with Gasteiger partial charge in [-0.25, -0.2) is 4.98 Å². The molecule has 1 saturated carbocycles. The molecule has 0 bridgehead atoms. The third-order valence-corrected chi connectivity index (χ3v) is 7.39. The number of benzene rings is 1. The zero-order chi connectivity index (χ0) is 27.4. The van der Waals surface area contributed by atoms with Crippen LogP contribution in [-0.2, 0) is 21.4 Å². The molecule has 3 aromatic rings. The van der Waals surface area contributed by atoms with Crippen molar-refractivity contribution in [2.75, 3.05) is 24.1 Å². The molecule has 2 aliphatic rings. The van der Waals surface area contributed by atoms with Crippen LogP contribution in [0, 0.1) is 5.41 Å². The third kappa shape index (κ3) is 4.11. The van der Waals surface area contributed by atoms with Gasteiger partial charge < -0.3 is 20.9 Å². The molecule has 1 aliphatic carbocycles. The lowest BCUT2D eigenvalue weighted by Gasteiger charge is -2.46. The Morgan fingerprint density at radius 3 is 2.39 bits per heavy atom. The molecule has 1 saturated heterocycles. The number of anilines is 2. The molecule has 3 N–H and O–H groups in total. The predicted octanol–water partition coefficient (Wildman–Crippen LogP) is 2.63. The standard InChI is InChI=1S/C25H26F3N7O3/c1-14-12-35(22(37)21(36)32-17-11-30-20(29)19-16(17)10-31-33(19)2)18(15-6-4-3-5-7-15)13-34(14)23(38)24(8-9-24)25(26,27)28/h3-7,10-11,14,18H,8-9,12-13H2,1-2H3,(H2,29,30)(H,32,36)/t14-,18-/m1/s1. The van der Waals surface area contributed by atoms with Gasteiger partial charge in [0.25, 0.3) is 0 Å². The predicted molar refractivity (Wildman–Crippen MR) is 131 cm³/mol. The van der Waals surface area contributed by atoms with Gasteiger partial charge in [0.2, 0.25) is 5.91 Å². The van der Waals surface area contributed by atoms with Crippen molar-refractivity contribution in [3.63, 3.8) is 0 Å². The second-order valence-corrected chi connectivity index (χ2v) is 9.81. The number of rotatable bonds is 3. The topological polar surface area (TPSA) is 126 Å². The Hall–Kier alpha value is -4.16. The number of nitrogens with zero attached hydrogens (tertiary/aromatic N) is 5. The number of nitrogens with two attached hydrogens (primary N) is 1. The Balaban J connectivity index is 1.42. The first-order valence-corrected chi connectivity index (χ1v) is 12.1. The van der Waals surface area contributed by atoms with Crippen molar-refractivity contribution in [2.24, 2.45) is 12.5 Å². The van der Waals surface area contributed by atoms with Crippen molar-refractivity contribution in [3.05, 3.63) is 48.3 Å². The van der Waals surface area contributed by atoms with E-state index < -0.39 is 41.4 Å². The number of alkyl halides is 3. The summed E-state index contributed by atoms with van der Waals surface area (Å²) < 4.78 is 42.7. The van der Waals surface area contributed by atoms with Crippen molar-refractivity contribution in [1.29, 1.82) is 0 Å². The van der Waals surface area contributed by atoms with Crippen LogP contribution in [0.25, 0.3) is 10.9 Å². The Bertz CT molecular complexity index is 1420. The summed E-state index contributed by atoms with van der Waals surface area (Å²) in [5.41, 5.74) is 4.86. The van der Waals surface area contributed by atoms with Gasteiger partial charge in [-0.3, -0.25) is 19.1 Å². The summed E-state index contributed by atoms with van der Waals surface area (Å²) in [7, 11) is 1.66. The summed E-state index contributed by atoms with van der Waals surface area (Å²) in [6.45, 7) is 1.29. The van der Waals surface area contributed by atoms with E-state index in [1.54, 1.807) is 44.3 Å². The number of fused-ring (bicyclic) bond motifs is 1. The van der Waals surface area contributed by atoms with Crippen LogP contribution in [0.4, 0.5) is 24.7 Å². The van der Waals surface area contributed by atoms with Crippen molar-refractivity contribution in [3.8, 4) is 0 Å². The van der Waals surface area contributed by atoms with Gasteiger partial charge in [-0.05, 0) is 25.3 Å². The minimum Gasteiger partial charge on any atom is -0.382 e. The number of nitrogens with one attached hydrogen (secondary N) is 1. The van der Waals surface area contributed by atoms with Crippen LogP contribution in [-0.4, -0.2) is 67.6 Å². The summed E-state index contributed by atoms with van der Waals surface area (Å²) in [5, 5.41) is 7.18. The van der Waals surface area contributed by atoms with Crippen LogP contribution in [0.5, 0.6) is 0 Å². The van der Waals surface area contributed by atoms with Gasteiger partial charge in [0.15, 0.2) is 0 Å². The molecule has 3 heterocycles. The number of aryl methyl sites for hydroxylation is 1. The molecule has 2 atom stereocenters. The molecule has 13 heteroatoms. The molecular formula is C25H26F3N7O3. The quantitative estimate of drug-likeness (QED) is 0.503. The second-order valence-electron chi connectivity index (χ2n) is 9.81.